The first-order valence-corrected chi connectivity index (χ1v) is 10.4. The van der Waals surface area contributed by atoms with E-state index < -0.39 is 23.5 Å². The zero-order valence-corrected chi connectivity index (χ0v) is 17.5. The summed E-state index contributed by atoms with van der Waals surface area (Å²) in [5, 5.41) is 9.98. The van der Waals surface area contributed by atoms with Gasteiger partial charge in [-0.05, 0) is 53.9 Å². The molecule has 2 aromatic rings. The number of carbonyl (C=O) groups is 3. The van der Waals surface area contributed by atoms with Crippen molar-refractivity contribution in [3.8, 4) is 0 Å². The molecule has 1 aliphatic heterocycles. The van der Waals surface area contributed by atoms with Gasteiger partial charge in [0.2, 0.25) is 5.12 Å². The number of pyridine rings is 1. The molecule has 0 radical (unpaired) electrons. The van der Waals surface area contributed by atoms with Crippen molar-refractivity contribution >= 4 is 39.9 Å². The van der Waals surface area contributed by atoms with Crippen LogP contribution in [0.15, 0.2) is 59.8 Å². The largest absolute Gasteiger partial charge is 0.465 e. The van der Waals surface area contributed by atoms with Crippen molar-refractivity contribution in [3.63, 3.8) is 0 Å². The van der Waals surface area contributed by atoms with Crippen molar-refractivity contribution in [2.75, 3.05) is 6.54 Å². The molecule has 158 valence electrons. The second-order valence-electron chi connectivity index (χ2n) is 6.61. The summed E-state index contributed by atoms with van der Waals surface area (Å²) in [4.78, 5) is 47.1. The number of carbonyl (C=O) groups excluding carboxylic acids is 2. The van der Waals surface area contributed by atoms with Crippen LogP contribution in [0, 0.1) is 0 Å². The number of nitrogens with zero attached hydrogens (tertiary/aromatic N) is 3. The number of rotatable bonds is 6. The topological polar surface area (TPSA) is 100 Å². The standard InChI is InChI=1S/C20H20ClN3O5S/c21-19(26)24(29-13-14-6-2-1-3-7-14)15-9-10-16(23(12-15)20(27)28)18(25)30-17-8-4-5-11-22-17/h1-8,11,15-16H,9-10,12-13H2,(H,27,28)/t15-,16+/m1/s1. The Kier molecular flexibility index (Phi) is 7.67. The number of hydroxylamine groups is 2. The maximum Gasteiger partial charge on any atom is 0.408 e. The summed E-state index contributed by atoms with van der Waals surface area (Å²) in [7, 11) is 0. The Balaban J connectivity index is 1.67. The van der Waals surface area contributed by atoms with Crippen LogP contribution in [0.2, 0.25) is 0 Å². The first-order valence-electron chi connectivity index (χ1n) is 9.23. The summed E-state index contributed by atoms with van der Waals surface area (Å²) in [6.07, 6.45) is 0.932. The molecule has 1 saturated heterocycles. The van der Waals surface area contributed by atoms with Crippen LogP contribution in [0.5, 0.6) is 0 Å². The molecule has 10 heteroatoms. The fraction of sp³-hybridized carbons (Fsp3) is 0.300. The molecule has 1 N–H and O–H groups in total. The minimum Gasteiger partial charge on any atom is -0.465 e. The van der Waals surface area contributed by atoms with Gasteiger partial charge in [0.25, 0.3) is 0 Å². The monoisotopic (exact) mass is 449 g/mol. The predicted molar refractivity (Wildman–Crippen MR) is 111 cm³/mol. The van der Waals surface area contributed by atoms with E-state index in [1.165, 1.54) is 0 Å². The molecule has 2 amide bonds. The second kappa shape index (κ2) is 10.4. The third-order valence-corrected chi connectivity index (χ3v) is 5.73. The van der Waals surface area contributed by atoms with E-state index in [4.69, 9.17) is 16.4 Å². The van der Waals surface area contributed by atoms with E-state index in [0.29, 0.717) is 11.4 Å². The maximum absolute atomic E-state index is 12.7. The summed E-state index contributed by atoms with van der Waals surface area (Å²) in [5.74, 6) is 0. The van der Waals surface area contributed by atoms with Crippen molar-refractivity contribution in [1.29, 1.82) is 0 Å². The van der Waals surface area contributed by atoms with E-state index in [9.17, 15) is 19.5 Å². The summed E-state index contributed by atoms with van der Waals surface area (Å²) in [6.45, 7) is 0.0303. The number of thioether (sulfide) groups is 1. The molecule has 0 aliphatic carbocycles. The maximum atomic E-state index is 12.7. The smallest absolute Gasteiger partial charge is 0.408 e. The lowest BCUT2D eigenvalue weighted by molar-refractivity contribution is -0.160. The van der Waals surface area contributed by atoms with E-state index in [0.717, 1.165) is 27.3 Å². The van der Waals surface area contributed by atoms with Gasteiger partial charge in [0, 0.05) is 12.7 Å². The van der Waals surface area contributed by atoms with Crippen LogP contribution in [0.3, 0.4) is 0 Å². The number of benzene rings is 1. The lowest BCUT2D eigenvalue weighted by atomic mass is 9.99. The number of hydrogen-bond acceptors (Lipinski definition) is 6. The molecule has 1 aromatic heterocycles. The molecule has 1 aliphatic rings. The predicted octanol–water partition coefficient (Wildman–Crippen LogP) is 4.00. The zero-order valence-electron chi connectivity index (χ0n) is 15.9. The Bertz CT molecular complexity index is 887. The summed E-state index contributed by atoms with van der Waals surface area (Å²) >= 11 is 6.60. The molecule has 30 heavy (non-hydrogen) atoms. The third kappa shape index (κ3) is 5.71. The van der Waals surface area contributed by atoms with Crippen LogP contribution in [0.4, 0.5) is 9.59 Å². The summed E-state index contributed by atoms with van der Waals surface area (Å²) in [5.41, 5.74) is 0.839. The van der Waals surface area contributed by atoms with Gasteiger partial charge in [-0.1, -0.05) is 36.4 Å². The van der Waals surface area contributed by atoms with Gasteiger partial charge in [0.15, 0.2) is 0 Å². The van der Waals surface area contributed by atoms with Gasteiger partial charge < -0.3 is 5.11 Å². The van der Waals surface area contributed by atoms with E-state index in [1.54, 1.807) is 24.4 Å². The van der Waals surface area contributed by atoms with E-state index in [1.807, 2.05) is 30.3 Å². The molecular formula is C20H20ClN3O5S. The van der Waals surface area contributed by atoms with Gasteiger partial charge in [-0.3, -0.25) is 19.3 Å². The second-order valence-corrected chi connectivity index (χ2v) is 7.96. The van der Waals surface area contributed by atoms with Gasteiger partial charge in [-0.25, -0.2) is 14.8 Å². The molecular weight excluding hydrogens is 430 g/mol. The highest BCUT2D eigenvalue weighted by Crippen LogP contribution is 2.28. The number of hydrogen-bond donors (Lipinski definition) is 1. The number of amides is 2. The minimum absolute atomic E-state index is 0.0816. The average molecular weight is 450 g/mol. The Hall–Kier alpha value is -2.62. The number of aromatic nitrogens is 1. The molecule has 0 unspecified atom stereocenters. The molecule has 2 atom stereocenters. The zero-order chi connectivity index (χ0) is 21.5. The number of halogens is 1. The van der Waals surface area contributed by atoms with Crippen molar-refractivity contribution in [2.24, 2.45) is 0 Å². The SMILES string of the molecule is O=C(Sc1ccccn1)[C@@H]1CC[C@@H](N(OCc2ccccc2)C(=O)Cl)CN1C(=O)O. The number of carboxylic acid groups (broad SMARTS) is 1. The van der Waals surface area contributed by atoms with Crippen molar-refractivity contribution < 1.29 is 24.3 Å². The van der Waals surface area contributed by atoms with Crippen LogP contribution in [-0.2, 0) is 16.2 Å². The molecule has 1 fully saturated rings. The third-order valence-electron chi connectivity index (χ3n) is 4.64. The van der Waals surface area contributed by atoms with Crippen molar-refractivity contribution in [3.05, 3.63) is 60.3 Å². The molecule has 0 spiro atoms. The number of likely N-dealkylation sites (tertiary alicyclic amines) is 1. The Morgan fingerprint density at radius 3 is 2.53 bits per heavy atom. The summed E-state index contributed by atoms with van der Waals surface area (Å²) in [6, 6.07) is 13.0. The van der Waals surface area contributed by atoms with E-state index in [2.05, 4.69) is 4.98 Å². The highest BCUT2D eigenvalue weighted by atomic mass is 35.5. The number of piperidine rings is 1. The normalized spacial score (nSPS) is 18.6. The van der Waals surface area contributed by atoms with E-state index in [-0.39, 0.29) is 24.7 Å². The van der Waals surface area contributed by atoms with Crippen LogP contribution in [0.1, 0.15) is 18.4 Å². The molecule has 0 saturated carbocycles. The van der Waals surface area contributed by atoms with Crippen LogP contribution in [0.25, 0.3) is 0 Å². The lowest BCUT2D eigenvalue weighted by Crippen LogP contribution is -2.56. The fourth-order valence-corrected chi connectivity index (χ4v) is 4.23. The quantitative estimate of drug-likeness (QED) is 0.308. The first kappa shape index (κ1) is 22.1. The van der Waals surface area contributed by atoms with Crippen LogP contribution in [-0.4, -0.2) is 55.3 Å². The Morgan fingerprint density at radius 1 is 1.17 bits per heavy atom. The average Bonchev–Trinajstić information content (AvgIpc) is 2.75. The molecule has 2 heterocycles. The molecule has 0 bridgehead atoms. The lowest BCUT2D eigenvalue weighted by Gasteiger charge is -2.40. The Morgan fingerprint density at radius 2 is 1.90 bits per heavy atom. The van der Waals surface area contributed by atoms with Crippen LogP contribution >= 0.6 is 23.4 Å². The van der Waals surface area contributed by atoms with Gasteiger partial charge in [-0.2, -0.15) is 0 Å². The van der Waals surface area contributed by atoms with Crippen molar-refractivity contribution in [2.45, 2.75) is 36.6 Å². The fourth-order valence-electron chi connectivity index (χ4n) is 3.20. The van der Waals surface area contributed by atoms with Gasteiger partial charge >= 0.3 is 11.5 Å². The Labute approximate surface area is 182 Å². The van der Waals surface area contributed by atoms with Gasteiger partial charge in [0.05, 0.1) is 6.04 Å². The van der Waals surface area contributed by atoms with Gasteiger partial charge in [0.1, 0.15) is 17.7 Å². The van der Waals surface area contributed by atoms with E-state index >= 15 is 0 Å². The van der Waals surface area contributed by atoms with Crippen LogP contribution < -0.4 is 0 Å². The molecule has 8 nitrogen and oxygen atoms in total. The highest BCUT2D eigenvalue weighted by Gasteiger charge is 2.40. The minimum atomic E-state index is -1.25. The molecule has 3 rings (SSSR count). The van der Waals surface area contributed by atoms with Gasteiger partial charge in [-0.15, -0.1) is 0 Å². The molecule has 1 aromatic carbocycles. The first-order chi connectivity index (χ1) is 14.5. The summed E-state index contributed by atoms with van der Waals surface area (Å²) < 4.78 is 0. The van der Waals surface area contributed by atoms with Crippen molar-refractivity contribution in [1.82, 2.24) is 14.9 Å². The highest BCUT2D eigenvalue weighted by molar-refractivity contribution is 8.13.